The van der Waals surface area contributed by atoms with Crippen LogP contribution < -0.4 is 10.6 Å². The zero-order valence-electron chi connectivity index (χ0n) is 12.1. The molecule has 1 saturated heterocycles. The van der Waals surface area contributed by atoms with Gasteiger partial charge in [0.1, 0.15) is 5.84 Å². The number of nitrogens with two attached hydrogens (primary N) is 1. The van der Waals surface area contributed by atoms with E-state index < -0.39 is 0 Å². The average molecular weight is 260 g/mol. The maximum Gasteiger partial charge on any atom is 0.122 e. The Morgan fingerprint density at radius 1 is 1.21 bits per heavy atom. The van der Waals surface area contributed by atoms with Crippen molar-refractivity contribution in [1.82, 2.24) is 4.90 Å². The van der Waals surface area contributed by atoms with Crippen molar-refractivity contribution in [3.05, 3.63) is 29.3 Å². The van der Waals surface area contributed by atoms with Crippen LogP contribution in [0.2, 0.25) is 0 Å². The third-order valence-electron chi connectivity index (χ3n) is 3.89. The minimum atomic E-state index is 0.138. The third kappa shape index (κ3) is 3.07. The van der Waals surface area contributed by atoms with Crippen LogP contribution in [0.15, 0.2) is 18.2 Å². The van der Waals surface area contributed by atoms with Crippen molar-refractivity contribution < 1.29 is 0 Å². The molecule has 1 heterocycles. The summed E-state index contributed by atoms with van der Waals surface area (Å²) in [5.74, 6) is 0.138. The summed E-state index contributed by atoms with van der Waals surface area (Å²) in [7, 11) is 0. The molecule has 1 fully saturated rings. The predicted octanol–water partition coefficient (Wildman–Crippen LogP) is 1.81. The van der Waals surface area contributed by atoms with Gasteiger partial charge in [-0.1, -0.05) is 0 Å². The van der Waals surface area contributed by atoms with E-state index in [1.54, 1.807) is 0 Å². The first-order valence-electron chi connectivity index (χ1n) is 6.93. The van der Waals surface area contributed by atoms with E-state index in [0.717, 1.165) is 31.7 Å². The van der Waals surface area contributed by atoms with Crippen LogP contribution in [0.3, 0.4) is 0 Å². The number of aryl methyl sites for hydroxylation is 1. The number of hydrogen-bond donors (Lipinski definition) is 2. The summed E-state index contributed by atoms with van der Waals surface area (Å²) in [6, 6.07) is 6.67. The molecule has 0 radical (unpaired) electrons. The van der Waals surface area contributed by atoms with Crippen molar-refractivity contribution in [2.24, 2.45) is 5.73 Å². The zero-order valence-corrected chi connectivity index (χ0v) is 12.1. The number of amidine groups is 1. The number of nitrogen functional groups attached to an aromatic ring is 1. The molecular weight excluding hydrogens is 236 g/mol. The van der Waals surface area contributed by atoms with Gasteiger partial charge in [0, 0.05) is 43.5 Å². The first kappa shape index (κ1) is 13.9. The van der Waals surface area contributed by atoms with Gasteiger partial charge in [0.15, 0.2) is 0 Å². The molecule has 0 aliphatic carbocycles. The molecule has 4 nitrogen and oxygen atoms in total. The third-order valence-corrected chi connectivity index (χ3v) is 3.89. The van der Waals surface area contributed by atoms with Crippen LogP contribution in [0, 0.1) is 12.3 Å². The Bertz CT molecular complexity index is 459. The minimum Gasteiger partial charge on any atom is -0.384 e. The SMILES string of the molecule is Cc1cc(C(=N)N)ccc1N1CCN(C(C)C)CC1. The second kappa shape index (κ2) is 5.61. The van der Waals surface area contributed by atoms with Crippen LogP contribution in [-0.2, 0) is 0 Å². The molecule has 0 atom stereocenters. The molecule has 0 aromatic heterocycles. The second-order valence-corrected chi connectivity index (χ2v) is 5.53. The Balaban J connectivity index is 2.09. The summed E-state index contributed by atoms with van der Waals surface area (Å²) >= 11 is 0. The highest BCUT2D eigenvalue weighted by atomic mass is 15.3. The van der Waals surface area contributed by atoms with Crippen LogP contribution >= 0.6 is 0 Å². The molecule has 2 rings (SSSR count). The van der Waals surface area contributed by atoms with Gasteiger partial charge in [0.05, 0.1) is 0 Å². The Hall–Kier alpha value is -1.55. The molecule has 0 spiro atoms. The lowest BCUT2D eigenvalue weighted by Gasteiger charge is -2.38. The van der Waals surface area contributed by atoms with Gasteiger partial charge in [-0.25, -0.2) is 0 Å². The Morgan fingerprint density at radius 3 is 2.32 bits per heavy atom. The summed E-state index contributed by atoms with van der Waals surface area (Å²) in [4.78, 5) is 4.94. The lowest BCUT2D eigenvalue weighted by atomic mass is 10.1. The minimum absolute atomic E-state index is 0.138. The molecular formula is C15H24N4. The van der Waals surface area contributed by atoms with Crippen LogP contribution in [0.1, 0.15) is 25.0 Å². The van der Waals surface area contributed by atoms with Gasteiger partial charge in [-0.2, -0.15) is 0 Å². The van der Waals surface area contributed by atoms with Gasteiger partial charge in [0.2, 0.25) is 0 Å². The fourth-order valence-electron chi connectivity index (χ4n) is 2.66. The number of rotatable bonds is 3. The topological polar surface area (TPSA) is 56.4 Å². The van der Waals surface area contributed by atoms with E-state index >= 15 is 0 Å². The highest BCUT2D eigenvalue weighted by Gasteiger charge is 2.20. The van der Waals surface area contributed by atoms with E-state index in [2.05, 4.69) is 36.6 Å². The number of nitrogens with zero attached hydrogens (tertiary/aromatic N) is 2. The maximum absolute atomic E-state index is 7.48. The van der Waals surface area contributed by atoms with Gasteiger partial charge in [-0.3, -0.25) is 10.3 Å². The summed E-state index contributed by atoms with van der Waals surface area (Å²) in [5, 5.41) is 7.48. The molecule has 0 unspecified atom stereocenters. The number of benzene rings is 1. The van der Waals surface area contributed by atoms with E-state index in [4.69, 9.17) is 11.1 Å². The monoisotopic (exact) mass is 260 g/mol. The Kier molecular flexibility index (Phi) is 4.10. The maximum atomic E-state index is 7.48. The number of hydrogen-bond acceptors (Lipinski definition) is 3. The lowest BCUT2D eigenvalue weighted by Crippen LogP contribution is -2.49. The van der Waals surface area contributed by atoms with E-state index in [-0.39, 0.29) is 5.84 Å². The van der Waals surface area contributed by atoms with Crippen LogP contribution in [-0.4, -0.2) is 43.0 Å². The second-order valence-electron chi connectivity index (χ2n) is 5.53. The van der Waals surface area contributed by atoms with Crippen LogP contribution in [0.4, 0.5) is 5.69 Å². The highest BCUT2D eigenvalue weighted by molar-refractivity contribution is 5.95. The predicted molar refractivity (Wildman–Crippen MR) is 81.1 cm³/mol. The van der Waals surface area contributed by atoms with E-state index in [1.807, 2.05) is 12.1 Å². The van der Waals surface area contributed by atoms with E-state index in [1.165, 1.54) is 11.3 Å². The molecule has 1 aliphatic rings. The van der Waals surface area contributed by atoms with Crippen LogP contribution in [0.25, 0.3) is 0 Å². The molecule has 1 aliphatic heterocycles. The van der Waals surface area contributed by atoms with Gasteiger partial charge in [-0.05, 0) is 44.5 Å². The van der Waals surface area contributed by atoms with Crippen LogP contribution in [0.5, 0.6) is 0 Å². The summed E-state index contributed by atoms with van der Waals surface area (Å²) < 4.78 is 0. The van der Waals surface area contributed by atoms with Crippen molar-refractivity contribution in [2.75, 3.05) is 31.1 Å². The van der Waals surface area contributed by atoms with Crippen molar-refractivity contribution >= 4 is 11.5 Å². The summed E-state index contributed by atoms with van der Waals surface area (Å²) in [6.45, 7) is 11.0. The fraction of sp³-hybridized carbons (Fsp3) is 0.533. The molecule has 0 saturated carbocycles. The molecule has 4 heteroatoms. The number of piperazine rings is 1. The lowest BCUT2D eigenvalue weighted by molar-refractivity contribution is 0.209. The van der Waals surface area contributed by atoms with Gasteiger partial charge in [-0.15, -0.1) is 0 Å². The normalized spacial score (nSPS) is 16.9. The summed E-state index contributed by atoms with van der Waals surface area (Å²) in [6.07, 6.45) is 0. The van der Waals surface area contributed by atoms with Crippen molar-refractivity contribution in [2.45, 2.75) is 26.8 Å². The zero-order chi connectivity index (χ0) is 14.0. The quantitative estimate of drug-likeness (QED) is 0.644. The average Bonchev–Trinajstić information content (AvgIpc) is 2.38. The van der Waals surface area contributed by atoms with Gasteiger partial charge < -0.3 is 10.6 Å². The summed E-state index contributed by atoms with van der Waals surface area (Å²) in [5.41, 5.74) is 8.80. The molecule has 1 aromatic rings. The fourth-order valence-corrected chi connectivity index (χ4v) is 2.66. The highest BCUT2D eigenvalue weighted by Crippen LogP contribution is 2.23. The molecule has 3 N–H and O–H groups in total. The Labute approximate surface area is 115 Å². The smallest absolute Gasteiger partial charge is 0.122 e. The first-order chi connectivity index (χ1) is 8.99. The van der Waals surface area contributed by atoms with Crippen molar-refractivity contribution in [3.63, 3.8) is 0 Å². The standard InChI is InChI=1S/C15H24N4/c1-11(2)18-6-8-19(9-7-18)14-5-4-13(15(16)17)10-12(14)3/h4-5,10-11H,6-9H2,1-3H3,(H3,16,17). The van der Waals surface area contributed by atoms with E-state index in [9.17, 15) is 0 Å². The number of anilines is 1. The largest absolute Gasteiger partial charge is 0.384 e. The molecule has 0 bridgehead atoms. The van der Waals surface area contributed by atoms with Crippen molar-refractivity contribution in [1.29, 1.82) is 5.41 Å². The Morgan fingerprint density at radius 2 is 1.84 bits per heavy atom. The van der Waals surface area contributed by atoms with E-state index in [0.29, 0.717) is 6.04 Å². The molecule has 1 aromatic carbocycles. The molecule has 104 valence electrons. The molecule has 0 amide bonds. The first-order valence-corrected chi connectivity index (χ1v) is 6.93. The number of nitrogens with one attached hydrogen (secondary N) is 1. The molecule has 19 heavy (non-hydrogen) atoms. The van der Waals surface area contributed by atoms with Crippen molar-refractivity contribution in [3.8, 4) is 0 Å². The van der Waals surface area contributed by atoms with Gasteiger partial charge in [0.25, 0.3) is 0 Å². The van der Waals surface area contributed by atoms with Gasteiger partial charge >= 0.3 is 0 Å².